The summed E-state index contributed by atoms with van der Waals surface area (Å²) in [5.41, 5.74) is 0.322. The van der Waals surface area contributed by atoms with Crippen molar-refractivity contribution in [2.75, 3.05) is 20.3 Å². The predicted molar refractivity (Wildman–Crippen MR) is 138 cm³/mol. The number of benzene rings is 2. The average molecular weight is 595 g/mol. The standard InChI is InChI=1S/C24H25Br2N3O5/c1-6-33-20(30)13-34-21-14(9-16(26)11-19(21)32-5)12-27-29-22(31)17-10-15(25)7-8-18(17)28-23(29)24(2,3)4/h7-12H,6,13H2,1-5H3. The second-order valence-electron chi connectivity index (χ2n) is 8.33. The predicted octanol–water partition coefficient (Wildman–Crippen LogP) is 5.05. The number of methoxy groups -OCH3 is 1. The highest BCUT2D eigenvalue weighted by Gasteiger charge is 2.23. The molecule has 180 valence electrons. The lowest BCUT2D eigenvalue weighted by molar-refractivity contribution is -0.145. The van der Waals surface area contributed by atoms with E-state index in [1.54, 1.807) is 31.2 Å². The molecule has 0 aliphatic heterocycles. The lowest BCUT2D eigenvalue weighted by Gasteiger charge is -2.21. The summed E-state index contributed by atoms with van der Waals surface area (Å²) < 4.78 is 18.8. The van der Waals surface area contributed by atoms with Crippen LogP contribution in [0.15, 0.2) is 49.2 Å². The Labute approximate surface area is 214 Å². The van der Waals surface area contributed by atoms with Crippen LogP contribution in [-0.4, -0.2) is 42.2 Å². The number of rotatable bonds is 7. The fraction of sp³-hybridized carbons (Fsp3) is 0.333. The van der Waals surface area contributed by atoms with Crippen LogP contribution in [0, 0.1) is 0 Å². The van der Waals surface area contributed by atoms with E-state index in [0.717, 1.165) is 4.47 Å². The van der Waals surface area contributed by atoms with Gasteiger partial charge < -0.3 is 14.2 Å². The van der Waals surface area contributed by atoms with E-state index < -0.39 is 11.4 Å². The molecular weight excluding hydrogens is 570 g/mol. The Bertz CT molecular complexity index is 1310. The van der Waals surface area contributed by atoms with Crippen LogP contribution in [0.4, 0.5) is 0 Å². The minimum Gasteiger partial charge on any atom is -0.493 e. The Morgan fingerprint density at radius 2 is 1.91 bits per heavy atom. The first-order valence-corrected chi connectivity index (χ1v) is 12.1. The molecule has 0 saturated heterocycles. The molecule has 0 aliphatic carbocycles. The molecule has 3 rings (SSSR count). The van der Waals surface area contributed by atoms with Gasteiger partial charge in [-0.3, -0.25) is 4.79 Å². The molecule has 1 heterocycles. The number of ether oxygens (including phenoxy) is 3. The van der Waals surface area contributed by atoms with Gasteiger partial charge in [0.2, 0.25) is 0 Å². The number of halogens is 2. The summed E-state index contributed by atoms with van der Waals surface area (Å²) in [6.45, 7) is 7.55. The summed E-state index contributed by atoms with van der Waals surface area (Å²) in [6, 6.07) is 8.82. The molecule has 0 radical (unpaired) electrons. The first-order valence-electron chi connectivity index (χ1n) is 10.5. The van der Waals surface area contributed by atoms with Gasteiger partial charge >= 0.3 is 5.97 Å². The maximum atomic E-state index is 13.4. The van der Waals surface area contributed by atoms with Gasteiger partial charge in [-0.25, -0.2) is 9.78 Å². The maximum Gasteiger partial charge on any atom is 0.344 e. The summed E-state index contributed by atoms with van der Waals surface area (Å²) in [5.74, 6) is 0.680. The molecule has 0 atom stereocenters. The van der Waals surface area contributed by atoms with Crippen LogP contribution < -0.4 is 15.0 Å². The van der Waals surface area contributed by atoms with Crippen LogP contribution in [0.25, 0.3) is 10.9 Å². The molecule has 1 aromatic heterocycles. The molecule has 0 spiro atoms. The summed E-state index contributed by atoms with van der Waals surface area (Å²) in [6.07, 6.45) is 1.48. The highest BCUT2D eigenvalue weighted by molar-refractivity contribution is 9.10. The van der Waals surface area contributed by atoms with E-state index in [-0.39, 0.29) is 18.8 Å². The topological polar surface area (TPSA) is 92.0 Å². The van der Waals surface area contributed by atoms with Crippen molar-refractivity contribution >= 4 is 54.9 Å². The summed E-state index contributed by atoms with van der Waals surface area (Å²) >= 11 is 6.86. The molecule has 34 heavy (non-hydrogen) atoms. The summed E-state index contributed by atoms with van der Waals surface area (Å²) in [5, 5.41) is 4.93. The number of fused-ring (bicyclic) bond motifs is 1. The Kier molecular flexibility index (Phi) is 8.14. The lowest BCUT2D eigenvalue weighted by atomic mass is 9.95. The fourth-order valence-corrected chi connectivity index (χ4v) is 4.00. The van der Waals surface area contributed by atoms with Crippen molar-refractivity contribution in [2.45, 2.75) is 33.1 Å². The number of carbonyl (C=O) groups is 1. The van der Waals surface area contributed by atoms with E-state index in [0.29, 0.717) is 38.3 Å². The van der Waals surface area contributed by atoms with E-state index in [2.05, 4.69) is 37.0 Å². The smallest absolute Gasteiger partial charge is 0.344 e. The molecule has 0 aliphatic rings. The van der Waals surface area contributed by atoms with Gasteiger partial charge in [-0.2, -0.15) is 9.78 Å². The van der Waals surface area contributed by atoms with Gasteiger partial charge in [0.1, 0.15) is 5.82 Å². The number of nitrogens with zero attached hydrogens (tertiary/aromatic N) is 3. The minimum absolute atomic E-state index is 0.248. The zero-order valence-corrected chi connectivity index (χ0v) is 22.7. The molecule has 3 aromatic rings. The number of esters is 1. The van der Waals surface area contributed by atoms with Crippen molar-refractivity contribution in [1.29, 1.82) is 0 Å². The number of carbonyl (C=O) groups excluding carboxylic acids is 1. The Morgan fingerprint density at radius 1 is 1.18 bits per heavy atom. The normalized spacial score (nSPS) is 11.7. The minimum atomic E-state index is -0.508. The summed E-state index contributed by atoms with van der Waals surface area (Å²) in [7, 11) is 1.49. The largest absolute Gasteiger partial charge is 0.493 e. The quantitative estimate of drug-likeness (QED) is 0.281. The van der Waals surface area contributed by atoms with Gasteiger partial charge in [0.15, 0.2) is 18.1 Å². The fourth-order valence-electron chi connectivity index (χ4n) is 3.19. The number of hydrogen-bond donors (Lipinski definition) is 0. The van der Waals surface area contributed by atoms with Gasteiger partial charge in [0.05, 0.1) is 30.8 Å². The van der Waals surface area contributed by atoms with Crippen LogP contribution in [0.5, 0.6) is 11.5 Å². The van der Waals surface area contributed by atoms with Gasteiger partial charge in [0.25, 0.3) is 5.56 Å². The first-order chi connectivity index (χ1) is 16.0. The van der Waals surface area contributed by atoms with Crippen LogP contribution in [0.3, 0.4) is 0 Å². The average Bonchev–Trinajstić information content (AvgIpc) is 2.77. The molecule has 0 bridgehead atoms. The number of hydrogen-bond acceptors (Lipinski definition) is 7. The van der Waals surface area contributed by atoms with E-state index in [1.807, 2.05) is 26.8 Å². The van der Waals surface area contributed by atoms with Gasteiger partial charge in [-0.15, -0.1) is 0 Å². The van der Waals surface area contributed by atoms with Crippen molar-refractivity contribution < 1.29 is 19.0 Å². The van der Waals surface area contributed by atoms with Crippen LogP contribution in [-0.2, 0) is 14.9 Å². The molecule has 0 unspecified atom stereocenters. The van der Waals surface area contributed by atoms with E-state index >= 15 is 0 Å². The highest BCUT2D eigenvalue weighted by atomic mass is 79.9. The second kappa shape index (κ2) is 10.7. The Balaban J connectivity index is 2.16. The van der Waals surface area contributed by atoms with E-state index in [4.69, 9.17) is 19.2 Å². The zero-order valence-electron chi connectivity index (χ0n) is 19.5. The van der Waals surface area contributed by atoms with Gasteiger partial charge in [0, 0.05) is 19.9 Å². The molecule has 0 amide bonds. The second-order valence-corrected chi connectivity index (χ2v) is 10.2. The van der Waals surface area contributed by atoms with Gasteiger partial charge in [-0.05, 0) is 37.3 Å². The van der Waals surface area contributed by atoms with E-state index in [9.17, 15) is 9.59 Å². The van der Waals surface area contributed by atoms with Crippen LogP contribution in [0.2, 0.25) is 0 Å². The number of aromatic nitrogens is 2. The Morgan fingerprint density at radius 3 is 2.56 bits per heavy atom. The SMILES string of the molecule is CCOC(=O)COc1c(C=Nn2c(C(C)(C)C)nc3ccc(Br)cc3c2=O)cc(Br)cc1OC. The molecule has 10 heteroatoms. The highest BCUT2D eigenvalue weighted by Crippen LogP contribution is 2.34. The van der Waals surface area contributed by atoms with Crippen molar-refractivity contribution in [3.8, 4) is 11.5 Å². The van der Waals surface area contributed by atoms with Crippen molar-refractivity contribution in [1.82, 2.24) is 9.66 Å². The molecule has 8 nitrogen and oxygen atoms in total. The molecule has 0 saturated carbocycles. The molecular formula is C24H25Br2N3O5. The molecule has 0 fully saturated rings. The van der Waals surface area contributed by atoms with Crippen molar-refractivity contribution in [2.24, 2.45) is 5.10 Å². The molecule has 2 aromatic carbocycles. The summed E-state index contributed by atoms with van der Waals surface area (Å²) in [4.78, 5) is 29.9. The Hall–Kier alpha value is -2.72. The maximum absolute atomic E-state index is 13.4. The third-order valence-electron chi connectivity index (χ3n) is 4.70. The third-order valence-corrected chi connectivity index (χ3v) is 5.65. The molecule has 0 N–H and O–H groups in total. The first kappa shape index (κ1) is 25.9. The van der Waals surface area contributed by atoms with Crippen molar-refractivity contribution in [3.05, 3.63) is 61.0 Å². The lowest BCUT2D eigenvalue weighted by Crippen LogP contribution is -2.29. The van der Waals surface area contributed by atoms with E-state index in [1.165, 1.54) is 18.0 Å². The monoisotopic (exact) mass is 593 g/mol. The van der Waals surface area contributed by atoms with Gasteiger partial charge in [-0.1, -0.05) is 52.6 Å². The van der Waals surface area contributed by atoms with Crippen LogP contribution >= 0.6 is 31.9 Å². The third kappa shape index (κ3) is 5.85. The van der Waals surface area contributed by atoms with Crippen LogP contribution in [0.1, 0.15) is 39.1 Å². The van der Waals surface area contributed by atoms with Crippen molar-refractivity contribution in [3.63, 3.8) is 0 Å². The zero-order chi connectivity index (χ0) is 25.0.